The molecule has 2 heteroatoms. The molecule has 0 amide bonds. The van der Waals surface area contributed by atoms with Crippen LogP contribution < -0.4 is 10.1 Å². The molecule has 0 saturated carbocycles. The van der Waals surface area contributed by atoms with Crippen molar-refractivity contribution in [1.29, 1.82) is 0 Å². The number of benzene rings is 1. The maximum Gasteiger partial charge on any atom is 0.126 e. The maximum absolute atomic E-state index is 5.77. The molecular weight excluding hydrogens is 210 g/mol. The highest BCUT2D eigenvalue weighted by Crippen LogP contribution is 2.26. The molecule has 0 aliphatic carbocycles. The van der Waals surface area contributed by atoms with E-state index in [9.17, 15) is 0 Å². The van der Waals surface area contributed by atoms with Crippen molar-refractivity contribution in [2.24, 2.45) is 0 Å². The Bertz CT molecular complexity index is 377. The van der Waals surface area contributed by atoms with Crippen LogP contribution in [0.25, 0.3) is 0 Å². The zero-order valence-corrected chi connectivity index (χ0v) is 12.0. The lowest BCUT2D eigenvalue weighted by Gasteiger charge is -2.22. The molecule has 0 aromatic heterocycles. The van der Waals surface area contributed by atoms with Gasteiger partial charge in [-0.1, -0.05) is 12.1 Å². The van der Waals surface area contributed by atoms with Crippen LogP contribution in [-0.2, 0) is 6.54 Å². The van der Waals surface area contributed by atoms with Crippen LogP contribution in [0.4, 0.5) is 0 Å². The van der Waals surface area contributed by atoms with Gasteiger partial charge in [0.2, 0.25) is 0 Å². The molecule has 0 bridgehead atoms. The summed E-state index contributed by atoms with van der Waals surface area (Å²) >= 11 is 0. The highest BCUT2D eigenvalue weighted by molar-refractivity contribution is 5.45. The van der Waals surface area contributed by atoms with Crippen LogP contribution in [0.5, 0.6) is 5.75 Å². The largest absolute Gasteiger partial charge is 0.493 e. The highest BCUT2D eigenvalue weighted by atomic mass is 16.5. The fraction of sp³-hybridized carbons (Fsp3) is 0.600. The predicted octanol–water partition coefficient (Wildman–Crippen LogP) is 3.59. The summed E-state index contributed by atoms with van der Waals surface area (Å²) in [5.74, 6) is 1.05. The lowest BCUT2D eigenvalue weighted by atomic mass is 10.0. The molecule has 0 saturated heterocycles. The number of nitrogens with one attached hydrogen (secondary N) is 1. The summed E-state index contributed by atoms with van der Waals surface area (Å²) in [5.41, 5.74) is 3.90. The molecule has 96 valence electrons. The summed E-state index contributed by atoms with van der Waals surface area (Å²) in [5, 5.41) is 3.50. The normalized spacial score (nSPS) is 11.6. The van der Waals surface area contributed by atoms with E-state index < -0.39 is 0 Å². The molecule has 0 unspecified atom stereocenters. The lowest BCUT2D eigenvalue weighted by molar-refractivity contribution is 0.329. The molecule has 1 aromatic carbocycles. The molecule has 0 fully saturated rings. The second kappa shape index (κ2) is 5.54. The highest BCUT2D eigenvalue weighted by Gasteiger charge is 2.13. The second-order valence-electron chi connectivity index (χ2n) is 5.53. The van der Waals surface area contributed by atoms with Crippen molar-refractivity contribution in [2.45, 2.75) is 53.6 Å². The summed E-state index contributed by atoms with van der Waals surface area (Å²) in [6.45, 7) is 14.4. The Balaban J connectivity index is 2.94. The number of ether oxygens (including phenoxy) is 1. The fourth-order valence-corrected chi connectivity index (χ4v) is 1.69. The van der Waals surface area contributed by atoms with Crippen LogP contribution in [0.3, 0.4) is 0 Å². The summed E-state index contributed by atoms with van der Waals surface area (Å²) < 4.78 is 5.77. The molecule has 0 radical (unpaired) electrons. The average molecular weight is 235 g/mol. The van der Waals surface area contributed by atoms with Gasteiger partial charge in [-0.25, -0.2) is 0 Å². The first-order valence-electron chi connectivity index (χ1n) is 6.32. The monoisotopic (exact) mass is 235 g/mol. The second-order valence-corrected chi connectivity index (χ2v) is 5.53. The molecule has 1 N–H and O–H groups in total. The first-order chi connectivity index (χ1) is 7.85. The van der Waals surface area contributed by atoms with Crippen molar-refractivity contribution >= 4 is 0 Å². The van der Waals surface area contributed by atoms with E-state index in [0.29, 0.717) is 6.61 Å². The summed E-state index contributed by atoms with van der Waals surface area (Å²) in [6, 6.07) is 4.32. The van der Waals surface area contributed by atoms with Gasteiger partial charge >= 0.3 is 0 Å². The van der Waals surface area contributed by atoms with Gasteiger partial charge in [0.15, 0.2) is 0 Å². The number of rotatable bonds is 4. The Morgan fingerprint density at radius 3 is 2.35 bits per heavy atom. The predicted molar refractivity (Wildman–Crippen MR) is 73.7 cm³/mol. The molecule has 1 aromatic rings. The minimum atomic E-state index is 0.127. The first kappa shape index (κ1) is 14.0. The van der Waals surface area contributed by atoms with Crippen molar-refractivity contribution in [3.63, 3.8) is 0 Å². The van der Waals surface area contributed by atoms with Crippen LogP contribution in [0.1, 0.15) is 44.4 Å². The van der Waals surface area contributed by atoms with Gasteiger partial charge in [0.1, 0.15) is 5.75 Å². The van der Waals surface area contributed by atoms with Crippen LogP contribution in [0.15, 0.2) is 12.1 Å². The molecule has 0 heterocycles. The van der Waals surface area contributed by atoms with Crippen LogP contribution in [-0.4, -0.2) is 12.1 Å². The van der Waals surface area contributed by atoms with Crippen LogP contribution in [0.2, 0.25) is 0 Å². The van der Waals surface area contributed by atoms with Crippen molar-refractivity contribution < 1.29 is 4.74 Å². The Labute approximate surface area is 105 Å². The SMILES string of the molecule is CCOc1c(CNC(C)(C)C)ccc(C)c1C. The van der Waals surface area contributed by atoms with E-state index >= 15 is 0 Å². The van der Waals surface area contributed by atoms with Gasteiger partial charge in [-0.2, -0.15) is 0 Å². The quantitative estimate of drug-likeness (QED) is 0.861. The Morgan fingerprint density at radius 2 is 1.82 bits per heavy atom. The third kappa shape index (κ3) is 4.04. The smallest absolute Gasteiger partial charge is 0.126 e. The van der Waals surface area contributed by atoms with E-state index in [4.69, 9.17) is 4.74 Å². The van der Waals surface area contributed by atoms with Crippen molar-refractivity contribution in [1.82, 2.24) is 5.32 Å². The summed E-state index contributed by atoms with van der Waals surface area (Å²) in [6.07, 6.45) is 0. The van der Waals surface area contributed by atoms with Gasteiger partial charge in [-0.3, -0.25) is 0 Å². The molecule has 1 rings (SSSR count). The van der Waals surface area contributed by atoms with Crippen molar-refractivity contribution in [3.05, 3.63) is 28.8 Å². The van der Waals surface area contributed by atoms with Crippen molar-refractivity contribution in [2.75, 3.05) is 6.61 Å². The van der Waals surface area contributed by atoms with E-state index in [0.717, 1.165) is 12.3 Å². The molecule has 0 atom stereocenters. The lowest BCUT2D eigenvalue weighted by Crippen LogP contribution is -2.35. The minimum absolute atomic E-state index is 0.127. The van der Waals surface area contributed by atoms with Crippen LogP contribution in [0, 0.1) is 13.8 Å². The summed E-state index contributed by atoms with van der Waals surface area (Å²) in [7, 11) is 0. The Hall–Kier alpha value is -1.02. The molecule has 0 aliphatic rings. The molecule has 2 nitrogen and oxygen atoms in total. The van der Waals surface area contributed by atoms with E-state index in [-0.39, 0.29) is 5.54 Å². The van der Waals surface area contributed by atoms with E-state index in [1.807, 2.05) is 6.92 Å². The van der Waals surface area contributed by atoms with Gasteiger partial charge in [-0.05, 0) is 52.7 Å². The number of hydrogen-bond donors (Lipinski definition) is 1. The van der Waals surface area contributed by atoms with E-state index in [2.05, 4.69) is 52.1 Å². The van der Waals surface area contributed by atoms with Gasteiger partial charge in [0, 0.05) is 17.6 Å². The van der Waals surface area contributed by atoms with Gasteiger partial charge in [0.25, 0.3) is 0 Å². The van der Waals surface area contributed by atoms with Crippen LogP contribution >= 0.6 is 0 Å². The number of aryl methyl sites for hydroxylation is 1. The summed E-state index contributed by atoms with van der Waals surface area (Å²) in [4.78, 5) is 0. The standard InChI is InChI=1S/C15H25NO/c1-7-17-14-12(3)11(2)8-9-13(14)10-16-15(4,5)6/h8-9,16H,7,10H2,1-6H3. The van der Waals surface area contributed by atoms with Gasteiger partial charge < -0.3 is 10.1 Å². The van der Waals surface area contributed by atoms with E-state index in [1.54, 1.807) is 0 Å². The molecule has 0 aliphatic heterocycles. The fourth-order valence-electron chi connectivity index (χ4n) is 1.69. The molecule has 17 heavy (non-hydrogen) atoms. The number of hydrogen-bond acceptors (Lipinski definition) is 2. The van der Waals surface area contributed by atoms with E-state index in [1.165, 1.54) is 16.7 Å². The third-order valence-electron chi connectivity index (χ3n) is 2.86. The maximum atomic E-state index is 5.77. The average Bonchev–Trinajstić information content (AvgIpc) is 2.23. The topological polar surface area (TPSA) is 21.3 Å². The Kier molecular flexibility index (Phi) is 4.58. The zero-order chi connectivity index (χ0) is 13.1. The Morgan fingerprint density at radius 1 is 1.18 bits per heavy atom. The minimum Gasteiger partial charge on any atom is -0.493 e. The first-order valence-corrected chi connectivity index (χ1v) is 6.32. The van der Waals surface area contributed by atoms with Crippen molar-refractivity contribution in [3.8, 4) is 5.75 Å². The third-order valence-corrected chi connectivity index (χ3v) is 2.86. The zero-order valence-electron chi connectivity index (χ0n) is 12.0. The molecular formula is C15H25NO. The molecule has 0 spiro atoms. The van der Waals surface area contributed by atoms with Gasteiger partial charge in [0.05, 0.1) is 6.61 Å². The van der Waals surface area contributed by atoms with Gasteiger partial charge in [-0.15, -0.1) is 0 Å².